The summed E-state index contributed by atoms with van der Waals surface area (Å²) in [6.45, 7) is 0.302. The Morgan fingerprint density at radius 2 is 1.87 bits per heavy atom. The van der Waals surface area contributed by atoms with Crippen molar-refractivity contribution in [3.8, 4) is 17.2 Å². The van der Waals surface area contributed by atoms with Gasteiger partial charge in [-0.05, 0) is 43.2 Å². The molecule has 3 aromatic heterocycles. The van der Waals surface area contributed by atoms with Gasteiger partial charge in [0.1, 0.15) is 28.6 Å². The number of aliphatic hydroxyl groups is 1. The van der Waals surface area contributed by atoms with Crippen LogP contribution >= 0.6 is 0 Å². The van der Waals surface area contributed by atoms with E-state index in [2.05, 4.69) is 25.7 Å². The second-order valence-corrected chi connectivity index (χ2v) is 11.6. The van der Waals surface area contributed by atoms with Gasteiger partial charge in [0.15, 0.2) is 11.5 Å². The Balaban J connectivity index is 1.20. The fourth-order valence-corrected chi connectivity index (χ4v) is 6.10. The average Bonchev–Trinajstić information content (AvgIpc) is 3.65. The number of nitrogens with one attached hydrogen (secondary N) is 1. The maximum Gasteiger partial charge on any atom is 0.252 e. The molecule has 0 bridgehead atoms. The van der Waals surface area contributed by atoms with Crippen molar-refractivity contribution in [3.63, 3.8) is 0 Å². The number of nitrogens with zero attached hydrogens (tertiary/aromatic N) is 7. The summed E-state index contributed by atoms with van der Waals surface area (Å²) in [6, 6.07) is 7.64. The first-order valence-electron chi connectivity index (χ1n) is 14.7. The third kappa shape index (κ3) is 5.33. The molecule has 3 heterocycles. The Hall–Kier alpha value is -4.92. The van der Waals surface area contributed by atoms with Crippen LogP contribution < -0.4 is 19.5 Å². The highest BCUT2D eigenvalue weighted by molar-refractivity contribution is 5.96. The molecule has 2 N–H and O–H groups in total. The minimum atomic E-state index is -2.67. The van der Waals surface area contributed by atoms with Gasteiger partial charge in [-0.15, -0.1) is 10.2 Å². The smallest absolute Gasteiger partial charge is 0.252 e. The number of fused-ring (bicyclic) bond motifs is 4. The Labute approximate surface area is 260 Å². The maximum absolute atomic E-state index is 14.6. The normalized spacial score (nSPS) is 19.4. The van der Waals surface area contributed by atoms with E-state index in [0.717, 1.165) is 11.3 Å². The topological polar surface area (TPSA) is 134 Å². The Bertz CT molecular complexity index is 1990. The van der Waals surface area contributed by atoms with Crippen LogP contribution in [0.5, 0.6) is 17.2 Å². The van der Waals surface area contributed by atoms with Crippen LogP contribution in [0, 0.1) is 5.82 Å². The molecule has 1 saturated carbocycles. The van der Waals surface area contributed by atoms with Crippen LogP contribution in [0.1, 0.15) is 48.1 Å². The van der Waals surface area contributed by atoms with Crippen LogP contribution in [0.25, 0.3) is 22.6 Å². The summed E-state index contributed by atoms with van der Waals surface area (Å²) >= 11 is 0. The van der Waals surface area contributed by atoms with Gasteiger partial charge in [0.2, 0.25) is 5.95 Å². The molecule has 0 aliphatic heterocycles. The molecule has 0 saturated heterocycles. The molecular formula is C31H31F3N8O4. The van der Waals surface area contributed by atoms with Crippen molar-refractivity contribution in [3.05, 3.63) is 65.0 Å². The Morgan fingerprint density at radius 1 is 1.07 bits per heavy atom. The van der Waals surface area contributed by atoms with Crippen molar-refractivity contribution in [2.45, 2.75) is 56.2 Å². The molecule has 2 aliphatic rings. The molecule has 15 heteroatoms. The van der Waals surface area contributed by atoms with E-state index in [0.29, 0.717) is 59.1 Å². The van der Waals surface area contributed by atoms with Crippen molar-refractivity contribution >= 4 is 28.6 Å². The van der Waals surface area contributed by atoms with Gasteiger partial charge in [-0.1, -0.05) is 5.21 Å². The predicted molar refractivity (Wildman–Crippen MR) is 161 cm³/mol. The molecule has 46 heavy (non-hydrogen) atoms. The highest BCUT2D eigenvalue weighted by Crippen LogP contribution is 2.46. The molecule has 0 amide bonds. The number of alkyl halides is 2. The van der Waals surface area contributed by atoms with Crippen LogP contribution in [-0.2, 0) is 19.4 Å². The molecule has 2 aliphatic carbocycles. The number of hydrogen-bond acceptors (Lipinski definition) is 10. The lowest BCUT2D eigenvalue weighted by Gasteiger charge is -2.36. The van der Waals surface area contributed by atoms with Gasteiger partial charge in [-0.25, -0.2) is 27.8 Å². The molecule has 240 valence electrons. The van der Waals surface area contributed by atoms with Crippen molar-refractivity contribution in [1.82, 2.24) is 34.6 Å². The quantitative estimate of drug-likeness (QED) is 0.237. The minimum Gasteiger partial charge on any atom is -0.497 e. The summed E-state index contributed by atoms with van der Waals surface area (Å²) in [5.41, 5.74) is 1.61. The lowest BCUT2D eigenvalue weighted by molar-refractivity contribution is -0.108. The number of methoxy groups -OCH3 is 3. The van der Waals surface area contributed by atoms with E-state index in [1.54, 1.807) is 37.1 Å². The van der Waals surface area contributed by atoms with E-state index in [1.807, 2.05) is 12.1 Å². The minimum absolute atomic E-state index is 0.165. The van der Waals surface area contributed by atoms with Gasteiger partial charge in [-0.3, -0.25) is 0 Å². The number of ether oxygens (including phenoxy) is 3. The van der Waals surface area contributed by atoms with Gasteiger partial charge in [-0.2, -0.15) is 4.52 Å². The monoisotopic (exact) mass is 636 g/mol. The molecule has 0 spiro atoms. The molecule has 2 aromatic carbocycles. The summed E-state index contributed by atoms with van der Waals surface area (Å²) in [5.74, 6) is -1.14. The van der Waals surface area contributed by atoms with Gasteiger partial charge >= 0.3 is 0 Å². The first-order chi connectivity index (χ1) is 22.1. The van der Waals surface area contributed by atoms with Gasteiger partial charge in [0, 0.05) is 43.5 Å². The van der Waals surface area contributed by atoms with E-state index in [-0.39, 0.29) is 36.9 Å². The zero-order valence-corrected chi connectivity index (χ0v) is 25.3. The van der Waals surface area contributed by atoms with Crippen LogP contribution in [0.3, 0.4) is 0 Å². The lowest BCUT2D eigenvalue weighted by Crippen LogP contribution is -2.39. The van der Waals surface area contributed by atoms with Crippen LogP contribution in [0.4, 0.5) is 19.1 Å². The molecule has 1 atom stereocenters. The number of benzene rings is 2. The summed E-state index contributed by atoms with van der Waals surface area (Å²) in [6.07, 6.45) is 3.62. The largest absolute Gasteiger partial charge is 0.497 e. The number of rotatable bonds is 9. The molecular weight excluding hydrogens is 605 g/mol. The average molecular weight is 637 g/mol. The Kier molecular flexibility index (Phi) is 7.22. The third-order valence-corrected chi connectivity index (χ3v) is 8.57. The van der Waals surface area contributed by atoms with Crippen molar-refractivity contribution in [2.75, 3.05) is 26.6 Å². The number of aromatic nitrogens is 7. The van der Waals surface area contributed by atoms with Crippen molar-refractivity contribution in [1.29, 1.82) is 0 Å². The van der Waals surface area contributed by atoms with Crippen molar-refractivity contribution in [2.24, 2.45) is 0 Å². The summed E-state index contributed by atoms with van der Waals surface area (Å²) in [5, 5.41) is 28.0. The molecule has 7 rings (SSSR count). The van der Waals surface area contributed by atoms with Crippen LogP contribution in [-0.4, -0.2) is 72.5 Å². The maximum atomic E-state index is 14.6. The third-order valence-electron chi connectivity index (χ3n) is 8.57. The van der Waals surface area contributed by atoms with Crippen LogP contribution in [0.2, 0.25) is 0 Å². The Morgan fingerprint density at radius 3 is 2.61 bits per heavy atom. The van der Waals surface area contributed by atoms with E-state index >= 15 is 0 Å². The number of hydrogen-bond donors (Lipinski definition) is 2. The molecule has 1 fully saturated rings. The lowest BCUT2D eigenvalue weighted by atomic mass is 9.83. The zero-order valence-electron chi connectivity index (χ0n) is 25.3. The van der Waals surface area contributed by atoms with Gasteiger partial charge in [0.05, 0.1) is 49.7 Å². The highest BCUT2D eigenvalue weighted by Gasteiger charge is 2.48. The first kappa shape index (κ1) is 29.8. The standard InChI is InChI=1S/C31H31F3N8O4/c1-44-20-5-4-17(24(12-20)45-2)16-35-29-37-27-21(10-18(32)11-25(27)46-3)28-36-26(39-42(28)29)7-9-30(43)8-6-23-22(15-30)38-40-41(23)19-13-31(33,34)14-19/h4-5,7,9-12,19,43H,6,8,13-16H2,1-3H3,(H,35,37)/b9-7+. The van der Waals surface area contributed by atoms with E-state index in [4.69, 9.17) is 19.2 Å². The molecule has 1 unspecified atom stereocenters. The fraction of sp³-hybridized carbons (Fsp3) is 0.387. The first-order valence-corrected chi connectivity index (χ1v) is 14.7. The molecule has 0 radical (unpaired) electrons. The van der Waals surface area contributed by atoms with E-state index < -0.39 is 17.3 Å². The SMILES string of the molecule is COc1ccc(CNc2nc3c(OC)cc(F)cc3c3nc(/C=C/C4(O)CCc5c(nnn5C5CC(F)(F)C5)C4)nn23)c(OC)c1. The fourth-order valence-electron chi connectivity index (χ4n) is 6.10. The summed E-state index contributed by atoms with van der Waals surface area (Å²) in [7, 11) is 4.58. The summed E-state index contributed by atoms with van der Waals surface area (Å²) < 4.78 is 60.8. The van der Waals surface area contributed by atoms with Crippen molar-refractivity contribution < 1.29 is 32.5 Å². The van der Waals surface area contributed by atoms with Gasteiger partial charge in [0.25, 0.3) is 5.92 Å². The van der Waals surface area contributed by atoms with Crippen LogP contribution in [0.15, 0.2) is 36.4 Å². The second-order valence-electron chi connectivity index (χ2n) is 11.6. The number of anilines is 1. The van der Waals surface area contributed by atoms with Gasteiger partial charge < -0.3 is 24.6 Å². The number of halogens is 3. The molecule has 12 nitrogen and oxygen atoms in total. The second kappa shape index (κ2) is 11.2. The predicted octanol–water partition coefficient (Wildman–Crippen LogP) is 4.55. The van der Waals surface area contributed by atoms with E-state index in [1.165, 1.54) is 23.8 Å². The highest BCUT2D eigenvalue weighted by atomic mass is 19.3. The summed E-state index contributed by atoms with van der Waals surface area (Å²) in [4.78, 5) is 9.37. The zero-order chi connectivity index (χ0) is 32.2. The molecule has 5 aromatic rings. The van der Waals surface area contributed by atoms with E-state index in [9.17, 15) is 18.3 Å².